The van der Waals surface area contributed by atoms with Crippen LogP contribution in [-0.2, 0) is 4.74 Å². The third kappa shape index (κ3) is 4.91. The van der Waals surface area contributed by atoms with Crippen LogP contribution in [0, 0.1) is 0 Å². The second-order valence-corrected chi connectivity index (χ2v) is 7.45. The van der Waals surface area contributed by atoms with E-state index in [1.54, 1.807) is 4.90 Å². The number of carbonyl (C=O) groups excluding carboxylic acids is 1. The second kappa shape index (κ2) is 7.48. The summed E-state index contributed by atoms with van der Waals surface area (Å²) in [5.41, 5.74) is 5.55. The number of likely N-dealkylation sites (tertiary alicyclic amines) is 1. The second-order valence-electron chi connectivity index (χ2n) is 6.66. The van der Waals surface area contributed by atoms with E-state index in [1.807, 2.05) is 20.8 Å². The highest BCUT2D eigenvalue weighted by atomic mass is 35.5. The van der Waals surface area contributed by atoms with Crippen LogP contribution in [0.5, 0.6) is 0 Å². The Morgan fingerprint density at radius 3 is 2.88 bits per heavy atom. The minimum atomic E-state index is -0.515. The maximum Gasteiger partial charge on any atom is 0.410 e. The van der Waals surface area contributed by atoms with Crippen LogP contribution in [0.4, 0.5) is 10.6 Å². The van der Waals surface area contributed by atoms with Crippen LogP contribution in [0.3, 0.4) is 0 Å². The molecule has 9 heteroatoms. The lowest BCUT2D eigenvalue weighted by atomic mass is 10.1. The van der Waals surface area contributed by atoms with Crippen molar-refractivity contribution in [1.29, 1.82) is 0 Å². The van der Waals surface area contributed by atoms with Gasteiger partial charge in [0, 0.05) is 19.1 Å². The first-order chi connectivity index (χ1) is 11.2. The fraction of sp³-hybridized carbons (Fsp3) is 0.600. The van der Waals surface area contributed by atoms with Crippen LogP contribution in [-0.4, -0.2) is 50.7 Å². The predicted molar refractivity (Wildman–Crippen MR) is 97.1 cm³/mol. The molecule has 1 aromatic heterocycles. The van der Waals surface area contributed by atoms with Gasteiger partial charge in [-0.05, 0) is 33.6 Å². The highest BCUT2D eigenvalue weighted by Crippen LogP contribution is 2.20. The van der Waals surface area contributed by atoms with E-state index < -0.39 is 5.60 Å². The molecule has 0 radical (unpaired) electrons. The highest BCUT2D eigenvalue weighted by molar-refractivity contribution is 7.80. The summed E-state index contributed by atoms with van der Waals surface area (Å²) in [5.74, 6) is 0.185. The minimum Gasteiger partial charge on any atom is -0.444 e. The van der Waals surface area contributed by atoms with Crippen molar-refractivity contribution in [2.75, 3.05) is 18.8 Å². The summed E-state index contributed by atoms with van der Waals surface area (Å²) in [6, 6.07) is 0.00558. The van der Waals surface area contributed by atoms with Gasteiger partial charge in [0.15, 0.2) is 0 Å². The molecule has 1 amide bonds. The molecule has 1 fully saturated rings. The molecule has 0 saturated carbocycles. The van der Waals surface area contributed by atoms with Gasteiger partial charge in [0.1, 0.15) is 33.5 Å². The number of thiocarbonyl (C=S) groups is 1. The van der Waals surface area contributed by atoms with E-state index in [0.717, 1.165) is 12.8 Å². The fourth-order valence-corrected chi connectivity index (χ4v) is 2.95. The number of carbonyl (C=O) groups is 1. The standard InChI is InChI=1S/C15H22ClN5O2S/c1-15(2,3)23-14(22)21-6-4-5-9(7-21)20-13(24)11-10(16)12(17)19-8-18-11/h8-9H,4-7H2,1-3H3,(H,20,24)(H2,17,18,19). The van der Waals surface area contributed by atoms with Crippen molar-refractivity contribution in [3.8, 4) is 0 Å². The van der Waals surface area contributed by atoms with Crippen molar-refractivity contribution in [1.82, 2.24) is 20.2 Å². The molecule has 3 N–H and O–H groups in total. The molecular weight excluding hydrogens is 350 g/mol. The number of piperidine rings is 1. The van der Waals surface area contributed by atoms with E-state index in [4.69, 9.17) is 34.3 Å². The molecule has 7 nitrogen and oxygen atoms in total. The zero-order valence-electron chi connectivity index (χ0n) is 14.0. The summed E-state index contributed by atoms with van der Waals surface area (Å²) in [7, 11) is 0. The van der Waals surface area contributed by atoms with E-state index in [-0.39, 0.29) is 23.0 Å². The van der Waals surface area contributed by atoms with Gasteiger partial charge in [0.25, 0.3) is 0 Å². The first kappa shape index (κ1) is 18.7. The third-order valence-electron chi connectivity index (χ3n) is 3.44. The smallest absolute Gasteiger partial charge is 0.410 e. The number of anilines is 1. The monoisotopic (exact) mass is 371 g/mol. The molecule has 0 aliphatic carbocycles. The van der Waals surface area contributed by atoms with E-state index in [0.29, 0.717) is 23.8 Å². The largest absolute Gasteiger partial charge is 0.444 e. The number of nitrogens with two attached hydrogens (primary N) is 1. The zero-order valence-corrected chi connectivity index (χ0v) is 15.6. The van der Waals surface area contributed by atoms with Gasteiger partial charge in [0.05, 0.1) is 0 Å². The maximum absolute atomic E-state index is 12.2. The van der Waals surface area contributed by atoms with Gasteiger partial charge in [-0.15, -0.1) is 0 Å². The summed E-state index contributed by atoms with van der Waals surface area (Å²) in [4.78, 5) is 22.2. The maximum atomic E-state index is 12.2. The van der Waals surface area contributed by atoms with Gasteiger partial charge in [0.2, 0.25) is 0 Å². The van der Waals surface area contributed by atoms with E-state index in [1.165, 1.54) is 6.33 Å². The van der Waals surface area contributed by atoms with E-state index in [9.17, 15) is 4.79 Å². The summed E-state index contributed by atoms with van der Waals surface area (Å²) >= 11 is 11.5. The van der Waals surface area contributed by atoms with Crippen molar-refractivity contribution in [3.63, 3.8) is 0 Å². The Morgan fingerprint density at radius 1 is 1.50 bits per heavy atom. The molecule has 0 aromatic carbocycles. The molecule has 24 heavy (non-hydrogen) atoms. The number of halogens is 1. The van der Waals surface area contributed by atoms with Gasteiger partial charge >= 0.3 is 6.09 Å². The van der Waals surface area contributed by atoms with E-state index in [2.05, 4.69) is 15.3 Å². The topological polar surface area (TPSA) is 93.4 Å². The Balaban J connectivity index is 1.99. The average Bonchev–Trinajstić information content (AvgIpc) is 2.48. The van der Waals surface area contributed by atoms with Crippen molar-refractivity contribution in [2.24, 2.45) is 0 Å². The zero-order chi connectivity index (χ0) is 17.9. The van der Waals surface area contributed by atoms with Crippen molar-refractivity contribution >= 4 is 40.7 Å². The number of hydrogen-bond donors (Lipinski definition) is 2. The molecule has 2 heterocycles. The highest BCUT2D eigenvalue weighted by Gasteiger charge is 2.28. The number of nitrogens with one attached hydrogen (secondary N) is 1. The van der Waals surface area contributed by atoms with Gasteiger partial charge in [-0.1, -0.05) is 23.8 Å². The molecule has 1 aliphatic heterocycles. The molecule has 132 valence electrons. The number of ether oxygens (including phenoxy) is 1. The molecular formula is C15H22ClN5O2S. The van der Waals surface area contributed by atoms with E-state index >= 15 is 0 Å². The quantitative estimate of drug-likeness (QED) is 0.771. The third-order valence-corrected chi connectivity index (χ3v) is 4.12. The number of nitrogens with zero attached hydrogens (tertiary/aromatic N) is 3. The molecule has 1 unspecified atom stereocenters. The van der Waals surface area contributed by atoms with Gasteiger partial charge in [-0.25, -0.2) is 14.8 Å². The Bertz CT molecular complexity index is 635. The normalized spacial score (nSPS) is 18.2. The van der Waals surface area contributed by atoms with Gasteiger partial charge in [-0.3, -0.25) is 0 Å². The lowest BCUT2D eigenvalue weighted by Crippen LogP contribution is -2.50. The molecule has 0 spiro atoms. The Kier molecular flexibility index (Phi) is 5.82. The molecule has 0 bridgehead atoms. The minimum absolute atomic E-state index is 0.00558. The Labute approximate surface area is 151 Å². The van der Waals surface area contributed by atoms with Crippen LogP contribution in [0.25, 0.3) is 0 Å². The van der Waals surface area contributed by atoms with Crippen LogP contribution in [0.15, 0.2) is 6.33 Å². The van der Waals surface area contributed by atoms with Crippen LogP contribution >= 0.6 is 23.8 Å². The number of amides is 1. The van der Waals surface area contributed by atoms with Crippen molar-refractivity contribution < 1.29 is 9.53 Å². The molecule has 1 aliphatic rings. The first-order valence-electron chi connectivity index (χ1n) is 7.72. The Morgan fingerprint density at radius 2 is 2.21 bits per heavy atom. The number of hydrogen-bond acceptors (Lipinski definition) is 6. The number of aromatic nitrogens is 2. The molecule has 1 saturated heterocycles. The summed E-state index contributed by atoms with van der Waals surface area (Å²) in [6.45, 7) is 6.72. The average molecular weight is 372 g/mol. The number of rotatable bonds is 2. The lowest BCUT2D eigenvalue weighted by Gasteiger charge is -2.34. The first-order valence-corrected chi connectivity index (χ1v) is 8.51. The SMILES string of the molecule is CC(C)(C)OC(=O)N1CCCC(NC(=S)c2ncnc(N)c2Cl)C1. The van der Waals surface area contributed by atoms with Gasteiger partial charge < -0.3 is 20.7 Å². The van der Waals surface area contributed by atoms with Crippen molar-refractivity contribution in [2.45, 2.75) is 45.3 Å². The Hall–Kier alpha value is -1.67. The summed E-state index contributed by atoms with van der Waals surface area (Å²) < 4.78 is 5.42. The fourth-order valence-electron chi connectivity index (χ4n) is 2.38. The van der Waals surface area contributed by atoms with Gasteiger partial charge in [-0.2, -0.15) is 0 Å². The lowest BCUT2D eigenvalue weighted by molar-refractivity contribution is 0.0194. The van der Waals surface area contributed by atoms with Crippen molar-refractivity contribution in [3.05, 3.63) is 17.0 Å². The van der Waals surface area contributed by atoms with Crippen LogP contribution in [0.1, 0.15) is 39.3 Å². The van der Waals surface area contributed by atoms with Crippen LogP contribution < -0.4 is 11.1 Å². The molecule has 2 rings (SSSR count). The van der Waals surface area contributed by atoms with Crippen LogP contribution in [0.2, 0.25) is 5.02 Å². The predicted octanol–water partition coefficient (Wildman–Crippen LogP) is 2.38. The number of nitrogen functional groups attached to an aromatic ring is 1. The molecule has 1 atom stereocenters. The summed E-state index contributed by atoms with van der Waals surface area (Å²) in [5, 5.41) is 3.43. The molecule has 1 aromatic rings. The summed E-state index contributed by atoms with van der Waals surface area (Å²) in [6.07, 6.45) is 2.75.